The number of nitrogens with one attached hydrogen (secondary N) is 1. The Hall–Kier alpha value is -2.84. The second kappa shape index (κ2) is 3.96. The molecule has 0 unspecified atom stereocenters. The molecule has 1 aromatic heterocycles. The molecule has 4 amide bonds. The lowest BCUT2D eigenvalue weighted by Gasteiger charge is -1.98. The zero-order valence-electron chi connectivity index (χ0n) is 8.44. The number of carbonyl (C=O) groups is 4. The summed E-state index contributed by atoms with van der Waals surface area (Å²) in [5.74, 6) is -4.41. The van der Waals surface area contributed by atoms with Gasteiger partial charge in [-0.05, 0) is 0 Å². The summed E-state index contributed by atoms with van der Waals surface area (Å²) in [4.78, 5) is 46.4. The second-order valence-electron chi connectivity index (χ2n) is 3.08. The largest absolute Gasteiger partial charge is 0.366 e. The van der Waals surface area contributed by atoms with Gasteiger partial charge < -0.3 is 27.9 Å². The lowest BCUT2D eigenvalue weighted by Crippen LogP contribution is -2.25. The highest BCUT2D eigenvalue weighted by Crippen LogP contribution is 2.18. The standard InChI is InChI=1S/C8H9N5O4/c9-5(14)1-2(6(10)15)4(8(12)17)13-3(1)7(11)16/h13H,(H2,9,14)(H2,10,15)(H2,11,16)(H2,12,17). The van der Waals surface area contributed by atoms with Crippen LogP contribution in [0, 0.1) is 0 Å². The summed E-state index contributed by atoms with van der Waals surface area (Å²) in [5, 5.41) is 0. The summed E-state index contributed by atoms with van der Waals surface area (Å²) in [6.07, 6.45) is 0. The molecule has 0 radical (unpaired) electrons. The van der Waals surface area contributed by atoms with Crippen LogP contribution in [0.25, 0.3) is 0 Å². The Labute approximate surface area is 94.1 Å². The molecule has 0 aliphatic carbocycles. The summed E-state index contributed by atoms with van der Waals surface area (Å²) in [6.45, 7) is 0. The van der Waals surface area contributed by atoms with E-state index in [9.17, 15) is 19.2 Å². The molecule has 0 aliphatic heterocycles. The number of H-pyrrole nitrogens is 1. The number of amides is 4. The van der Waals surface area contributed by atoms with Crippen LogP contribution in [-0.4, -0.2) is 28.6 Å². The Balaban J connectivity index is 3.73. The molecule has 0 fully saturated rings. The van der Waals surface area contributed by atoms with Crippen molar-refractivity contribution in [2.45, 2.75) is 0 Å². The highest BCUT2D eigenvalue weighted by atomic mass is 16.2. The van der Waals surface area contributed by atoms with Crippen LogP contribution in [0.5, 0.6) is 0 Å². The molecule has 0 saturated carbocycles. The maximum absolute atomic E-state index is 11.1. The molecule has 0 spiro atoms. The summed E-state index contributed by atoms with van der Waals surface area (Å²) in [7, 11) is 0. The first-order valence-electron chi connectivity index (χ1n) is 4.22. The van der Waals surface area contributed by atoms with Gasteiger partial charge >= 0.3 is 0 Å². The van der Waals surface area contributed by atoms with Crippen molar-refractivity contribution >= 4 is 23.6 Å². The molecule has 9 heteroatoms. The molecule has 1 heterocycles. The average Bonchev–Trinajstić information content (AvgIpc) is 2.56. The van der Waals surface area contributed by atoms with Gasteiger partial charge in [-0.2, -0.15) is 0 Å². The molecule has 17 heavy (non-hydrogen) atoms. The predicted molar refractivity (Wildman–Crippen MR) is 54.9 cm³/mol. The van der Waals surface area contributed by atoms with Crippen molar-refractivity contribution < 1.29 is 19.2 Å². The Bertz CT molecular complexity index is 498. The van der Waals surface area contributed by atoms with Gasteiger partial charge in [-0.25, -0.2) is 0 Å². The van der Waals surface area contributed by atoms with E-state index < -0.39 is 46.1 Å². The monoisotopic (exact) mass is 239 g/mol. The SMILES string of the molecule is NC(=O)c1[nH]c(C(N)=O)c(C(N)=O)c1C(N)=O. The molecule has 9 nitrogen and oxygen atoms in total. The van der Waals surface area contributed by atoms with E-state index >= 15 is 0 Å². The van der Waals surface area contributed by atoms with Gasteiger partial charge in [0.15, 0.2) is 0 Å². The van der Waals surface area contributed by atoms with Crippen LogP contribution in [0.4, 0.5) is 0 Å². The van der Waals surface area contributed by atoms with Crippen LogP contribution in [0.2, 0.25) is 0 Å². The van der Waals surface area contributed by atoms with Crippen LogP contribution >= 0.6 is 0 Å². The Kier molecular flexibility index (Phi) is 2.85. The first-order valence-corrected chi connectivity index (χ1v) is 4.22. The maximum atomic E-state index is 11.1. The van der Waals surface area contributed by atoms with Gasteiger partial charge in [-0.15, -0.1) is 0 Å². The molecule has 0 bridgehead atoms. The third-order valence-electron chi connectivity index (χ3n) is 1.99. The summed E-state index contributed by atoms with van der Waals surface area (Å²) < 4.78 is 0. The number of aromatic amines is 1. The van der Waals surface area contributed by atoms with Crippen molar-refractivity contribution in [2.24, 2.45) is 22.9 Å². The fourth-order valence-electron chi connectivity index (χ4n) is 1.36. The highest BCUT2D eigenvalue weighted by Gasteiger charge is 2.29. The molecule has 0 aliphatic rings. The van der Waals surface area contributed by atoms with Crippen LogP contribution in [-0.2, 0) is 0 Å². The topological polar surface area (TPSA) is 188 Å². The Morgan fingerprint density at radius 3 is 1.12 bits per heavy atom. The van der Waals surface area contributed by atoms with Crippen molar-refractivity contribution in [3.63, 3.8) is 0 Å². The van der Waals surface area contributed by atoms with Crippen LogP contribution in [0.3, 0.4) is 0 Å². The van der Waals surface area contributed by atoms with Gasteiger partial charge in [0.05, 0.1) is 11.1 Å². The average molecular weight is 239 g/mol. The number of rotatable bonds is 4. The van der Waals surface area contributed by atoms with E-state index in [1.54, 1.807) is 0 Å². The summed E-state index contributed by atoms with van der Waals surface area (Å²) in [5.41, 5.74) is 17.8. The van der Waals surface area contributed by atoms with Gasteiger partial charge in [-0.1, -0.05) is 0 Å². The molecule has 90 valence electrons. The van der Waals surface area contributed by atoms with Gasteiger partial charge in [0.2, 0.25) is 0 Å². The van der Waals surface area contributed by atoms with E-state index in [0.717, 1.165) is 0 Å². The first kappa shape index (κ1) is 12.2. The zero-order chi connectivity index (χ0) is 13.3. The molecule has 1 rings (SSSR count). The van der Waals surface area contributed by atoms with Crippen molar-refractivity contribution in [1.29, 1.82) is 0 Å². The lowest BCUT2D eigenvalue weighted by atomic mass is 10.1. The molecular weight excluding hydrogens is 230 g/mol. The minimum Gasteiger partial charge on any atom is -0.366 e. The van der Waals surface area contributed by atoms with E-state index in [1.165, 1.54) is 0 Å². The number of carbonyl (C=O) groups excluding carboxylic acids is 4. The smallest absolute Gasteiger partial charge is 0.265 e. The van der Waals surface area contributed by atoms with Crippen LogP contribution in [0.15, 0.2) is 0 Å². The second-order valence-corrected chi connectivity index (χ2v) is 3.08. The van der Waals surface area contributed by atoms with E-state index in [2.05, 4.69) is 4.98 Å². The summed E-state index contributed by atoms with van der Waals surface area (Å²) >= 11 is 0. The molecule has 0 saturated heterocycles. The molecular formula is C8H9N5O4. The van der Waals surface area contributed by atoms with Gasteiger partial charge in [0, 0.05) is 0 Å². The molecule has 9 N–H and O–H groups in total. The van der Waals surface area contributed by atoms with Crippen molar-refractivity contribution in [1.82, 2.24) is 4.98 Å². The van der Waals surface area contributed by atoms with E-state index in [0.29, 0.717) is 0 Å². The molecule has 0 aromatic carbocycles. The van der Waals surface area contributed by atoms with Crippen molar-refractivity contribution in [3.8, 4) is 0 Å². The number of hydrogen-bond donors (Lipinski definition) is 5. The quantitative estimate of drug-likeness (QED) is 0.385. The fraction of sp³-hybridized carbons (Fsp3) is 0. The maximum Gasteiger partial charge on any atom is 0.265 e. The minimum atomic E-state index is -1.13. The van der Waals surface area contributed by atoms with Crippen LogP contribution in [0.1, 0.15) is 41.7 Å². The highest BCUT2D eigenvalue weighted by molar-refractivity contribution is 6.17. The number of primary amides is 4. The van der Waals surface area contributed by atoms with E-state index in [1.807, 2.05) is 0 Å². The van der Waals surface area contributed by atoms with E-state index in [-0.39, 0.29) is 0 Å². The first-order chi connectivity index (χ1) is 7.77. The Morgan fingerprint density at radius 2 is 0.941 bits per heavy atom. The third kappa shape index (κ3) is 1.93. The third-order valence-corrected chi connectivity index (χ3v) is 1.99. The fourth-order valence-corrected chi connectivity index (χ4v) is 1.36. The number of aromatic nitrogens is 1. The lowest BCUT2D eigenvalue weighted by molar-refractivity contribution is 0.0950. The predicted octanol–water partition coefficient (Wildman–Crippen LogP) is -2.59. The number of nitrogens with two attached hydrogens (primary N) is 4. The molecule has 1 aromatic rings. The van der Waals surface area contributed by atoms with Gasteiger partial charge in [-0.3, -0.25) is 19.2 Å². The normalized spacial score (nSPS) is 9.88. The van der Waals surface area contributed by atoms with Crippen molar-refractivity contribution in [2.75, 3.05) is 0 Å². The number of hydrogen-bond acceptors (Lipinski definition) is 4. The zero-order valence-corrected chi connectivity index (χ0v) is 8.44. The summed E-state index contributed by atoms with van der Waals surface area (Å²) in [6, 6.07) is 0. The van der Waals surface area contributed by atoms with Gasteiger partial charge in [0.1, 0.15) is 11.4 Å². The van der Waals surface area contributed by atoms with E-state index in [4.69, 9.17) is 22.9 Å². The Morgan fingerprint density at radius 1 is 0.647 bits per heavy atom. The van der Waals surface area contributed by atoms with Gasteiger partial charge in [0.25, 0.3) is 23.6 Å². The minimum absolute atomic E-state index is 0.486. The van der Waals surface area contributed by atoms with Crippen LogP contribution < -0.4 is 22.9 Å². The molecule has 0 atom stereocenters. The van der Waals surface area contributed by atoms with Crippen molar-refractivity contribution in [3.05, 3.63) is 22.5 Å².